The molecule has 0 aliphatic heterocycles. The van der Waals surface area contributed by atoms with Crippen LogP contribution in [-0.2, 0) is 4.79 Å². The van der Waals surface area contributed by atoms with E-state index in [0.717, 1.165) is 0 Å². The lowest BCUT2D eigenvalue weighted by Gasteiger charge is -2.15. The third kappa shape index (κ3) is 4.29. The van der Waals surface area contributed by atoms with Crippen LogP contribution in [-0.4, -0.2) is 33.9 Å². The zero-order chi connectivity index (χ0) is 13.7. The Morgan fingerprint density at radius 2 is 1.89 bits per heavy atom. The van der Waals surface area contributed by atoms with Gasteiger partial charge in [0.05, 0.1) is 12.4 Å². The number of hydrogen-bond donors (Lipinski definition) is 2. The molecule has 7 heteroatoms. The Morgan fingerprint density at radius 3 is 2.44 bits per heavy atom. The first kappa shape index (κ1) is 14.4. The molecule has 0 bridgehead atoms. The van der Waals surface area contributed by atoms with Crippen molar-refractivity contribution in [3.63, 3.8) is 0 Å². The van der Waals surface area contributed by atoms with Gasteiger partial charge in [0.15, 0.2) is 0 Å². The zero-order valence-corrected chi connectivity index (χ0v) is 11.2. The van der Waals surface area contributed by atoms with Gasteiger partial charge < -0.3 is 10.6 Å². The number of amides is 2. The standard InChI is InChI=1S/C11H15ClN4O2/c1-6(2)14-10(17)7(3)15-11(18)8-4-13-5-9(12)16-8/h4-7H,1-3H3,(H,14,17)(H,15,18). The highest BCUT2D eigenvalue weighted by molar-refractivity contribution is 6.29. The van der Waals surface area contributed by atoms with E-state index < -0.39 is 11.9 Å². The van der Waals surface area contributed by atoms with Gasteiger partial charge in [-0.2, -0.15) is 0 Å². The van der Waals surface area contributed by atoms with Crippen LogP contribution in [0, 0.1) is 0 Å². The number of hydrogen-bond acceptors (Lipinski definition) is 4. The molecule has 1 aromatic heterocycles. The van der Waals surface area contributed by atoms with Crippen LogP contribution in [0.15, 0.2) is 12.4 Å². The molecule has 18 heavy (non-hydrogen) atoms. The van der Waals surface area contributed by atoms with E-state index in [0.29, 0.717) is 0 Å². The third-order valence-electron chi connectivity index (χ3n) is 2.01. The van der Waals surface area contributed by atoms with E-state index in [1.807, 2.05) is 13.8 Å². The van der Waals surface area contributed by atoms with E-state index in [-0.39, 0.29) is 22.8 Å². The molecule has 98 valence electrons. The van der Waals surface area contributed by atoms with Gasteiger partial charge in [-0.3, -0.25) is 14.6 Å². The number of aromatic nitrogens is 2. The van der Waals surface area contributed by atoms with Gasteiger partial charge in [-0.05, 0) is 20.8 Å². The number of carbonyl (C=O) groups excluding carboxylic acids is 2. The lowest BCUT2D eigenvalue weighted by atomic mass is 10.2. The van der Waals surface area contributed by atoms with E-state index in [1.54, 1.807) is 6.92 Å². The first-order chi connectivity index (χ1) is 8.40. The molecule has 2 N–H and O–H groups in total. The summed E-state index contributed by atoms with van der Waals surface area (Å²) < 4.78 is 0. The van der Waals surface area contributed by atoms with E-state index in [2.05, 4.69) is 20.6 Å². The van der Waals surface area contributed by atoms with E-state index in [4.69, 9.17) is 11.6 Å². The van der Waals surface area contributed by atoms with Gasteiger partial charge in [-0.15, -0.1) is 0 Å². The maximum absolute atomic E-state index is 11.7. The Kier molecular flexibility index (Phi) is 5.03. The average Bonchev–Trinajstić information content (AvgIpc) is 2.27. The molecule has 0 fully saturated rings. The van der Waals surface area contributed by atoms with Crippen LogP contribution in [0.2, 0.25) is 5.15 Å². The molecular weight excluding hydrogens is 256 g/mol. The summed E-state index contributed by atoms with van der Waals surface area (Å²) in [6.07, 6.45) is 2.61. The summed E-state index contributed by atoms with van der Waals surface area (Å²) in [7, 11) is 0. The maximum atomic E-state index is 11.7. The van der Waals surface area contributed by atoms with Crippen LogP contribution in [0.4, 0.5) is 0 Å². The Bertz CT molecular complexity index is 450. The smallest absolute Gasteiger partial charge is 0.272 e. The summed E-state index contributed by atoms with van der Waals surface area (Å²) in [4.78, 5) is 30.9. The van der Waals surface area contributed by atoms with Crippen molar-refractivity contribution in [1.82, 2.24) is 20.6 Å². The van der Waals surface area contributed by atoms with Crippen molar-refractivity contribution in [2.75, 3.05) is 0 Å². The van der Waals surface area contributed by atoms with Crippen LogP contribution >= 0.6 is 11.6 Å². The number of carbonyl (C=O) groups is 2. The molecule has 1 rings (SSSR count). The van der Waals surface area contributed by atoms with Crippen molar-refractivity contribution in [3.8, 4) is 0 Å². The van der Waals surface area contributed by atoms with Crippen LogP contribution in [0.3, 0.4) is 0 Å². The van der Waals surface area contributed by atoms with Crippen LogP contribution in [0.5, 0.6) is 0 Å². The average molecular weight is 271 g/mol. The van der Waals surface area contributed by atoms with Gasteiger partial charge >= 0.3 is 0 Å². The molecule has 0 aromatic carbocycles. The normalized spacial score (nSPS) is 12.1. The summed E-state index contributed by atoms with van der Waals surface area (Å²) >= 11 is 5.62. The van der Waals surface area contributed by atoms with Gasteiger partial charge in [0.2, 0.25) is 5.91 Å². The fraction of sp³-hybridized carbons (Fsp3) is 0.455. The van der Waals surface area contributed by atoms with Gasteiger partial charge in [-0.1, -0.05) is 11.6 Å². The van der Waals surface area contributed by atoms with Crippen LogP contribution < -0.4 is 10.6 Å². The minimum atomic E-state index is -0.652. The number of rotatable bonds is 4. The van der Waals surface area contributed by atoms with Crippen molar-refractivity contribution >= 4 is 23.4 Å². The predicted molar refractivity (Wildman–Crippen MR) is 67.2 cm³/mol. The Morgan fingerprint density at radius 1 is 1.22 bits per heavy atom. The maximum Gasteiger partial charge on any atom is 0.272 e. The topological polar surface area (TPSA) is 84.0 Å². The second kappa shape index (κ2) is 6.30. The van der Waals surface area contributed by atoms with Crippen molar-refractivity contribution in [3.05, 3.63) is 23.2 Å². The molecule has 0 aliphatic rings. The van der Waals surface area contributed by atoms with Gasteiger partial charge in [0.25, 0.3) is 5.91 Å². The molecular formula is C11H15ClN4O2. The monoisotopic (exact) mass is 270 g/mol. The van der Waals surface area contributed by atoms with Crippen molar-refractivity contribution in [2.24, 2.45) is 0 Å². The largest absolute Gasteiger partial charge is 0.352 e. The molecule has 1 atom stereocenters. The summed E-state index contributed by atoms with van der Waals surface area (Å²) in [6.45, 7) is 5.28. The van der Waals surface area contributed by atoms with E-state index in [9.17, 15) is 9.59 Å². The summed E-state index contributed by atoms with van der Waals surface area (Å²) in [5.74, 6) is -0.746. The van der Waals surface area contributed by atoms with Gasteiger partial charge in [-0.25, -0.2) is 4.98 Å². The molecule has 0 saturated heterocycles. The summed E-state index contributed by atoms with van der Waals surface area (Å²) in [5, 5.41) is 5.34. The molecule has 1 aromatic rings. The Labute approximate surface area is 110 Å². The lowest BCUT2D eigenvalue weighted by Crippen LogP contribution is -2.46. The Balaban J connectivity index is 2.62. The highest BCUT2D eigenvalue weighted by Crippen LogP contribution is 2.02. The molecule has 6 nitrogen and oxygen atoms in total. The van der Waals surface area contributed by atoms with E-state index >= 15 is 0 Å². The SMILES string of the molecule is CC(C)NC(=O)C(C)NC(=O)c1cncc(Cl)n1. The Hall–Kier alpha value is -1.69. The lowest BCUT2D eigenvalue weighted by molar-refractivity contribution is -0.123. The highest BCUT2D eigenvalue weighted by Gasteiger charge is 2.18. The van der Waals surface area contributed by atoms with Crippen molar-refractivity contribution in [1.29, 1.82) is 0 Å². The molecule has 1 unspecified atom stereocenters. The minimum absolute atomic E-state index is 0.0165. The van der Waals surface area contributed by atoms with Gasteiger partial charge in [0, 0.05) is 6.04 Å². The fourth-order valence-corrected chi connectivity index (χ4v) is 1.34. The molecule has 0 saturated carbocycles. The van der Waals surface area contributed by atoms with E-state index in [1.165, 1.54) is 12.4 Å². The zero-order valence-electron chi connectivity index (χ0n) is 10.4. The first-order valence-electron chi connectivity index (χ1n) is 5.49. The van der Waals surface area contributed by atoms with Crippen LogP contribution in [0.1, 0.15) is 31.3 Å². The van der Waals surface area contributed by atoms with Crippen LogP contribution in [0.25, 0.3) is 0 Å². The second-order valence-corrected chi connectivity index (χ2v) is 4.47. The van der Waals surface area contributed by atoms with Crippen molar-refractivity contribution < 1.29 is 9.59 Å². The summed E-state index contributed by atoms with van der Waals surface area (Å²) in [5.41, 5.74) is 0.0756. The fourth-order valence-electron chi connectivity index (χ4n) is 1.20. The minimum Gasteiger partial charge on any atom is -0.352 e. The number of nitrogens with zero attached hydrogens (tertiary/aromatic N) is 2. The highest BCUT2D eigenvalue weighted by atomic mass is 35.5. The quantitative estimate of drug-likeness (QED) is 0.847. The molecule has 0 radical (unpaired) electrons. The number of nitrogens with one attached hydrogen (secondary N) is 2. The number of halogens is 1. The van der Waals surface area contributed by atoms with Crippen molar-refractivity contribution in [2.45, 2.75) is 32.9 Å². The predicted octanol–water partition coefficient (Wildman–Crippen LogP) is 0.773. The molecule has 2 amide bonds. The third-order valence-corrected chi connectivity index (χ3v) is 2.19. The molecule has 1 heterocycles. The second-order valence-electron chi connectivity index (χ2n) is 4.09. The first-order valence-corrected chi connectivity index (χ1v) is 5.86. The molecule has 0 spiro atoms. The van der Waals surface area contributed by atoms with Gasteiger partial charge in [0.1, 0.15) is 16.9 Å². The summed E-state index contributed by atoms with van der Waals surface area (Å²) in [6, 6.07) is -0.636. The molecule has 0 aliphatic carbocycles.